The van der Waals surface area contributed by atoms with Crippen LogP contribution in [0.4, 0.5) is 0 Å². The van der Waals surface area contributed by atoms with E-state index in [4.69, 9.17) is 10.6 Å². The van der Waals surface area contributed by atoms with E-state index in [2.05, 4.69) is 13.8 Å². The van der Waals surface area contributed by atoms with Gasteiger partial charge in [-0.05, 0) is 13.8 Å². The van der Waals surface area contributed by atoms with Gasteiger partial charge in [0, 0.05) is 6.54 Å². The monoisotopic (exact) mass is 130 g/mol. The number of rotatable bonds is 0. The van der Waals surface area contributed by atoms with Crippen molar-refractivity contribution < 1.29 is 4.74 Å². The lowest BCUT2D eigenvalue weighted by molar-refractivity contribution is -0.0517. The number of hydrogen-bond acceptors (Lipinski definition) is 3. The zero-order chi connectivity index (χ0) is 6.91. The van der Waals surface area contributed by atoms with Crippen molar-refractivity contribution in [2.75, 3.05) is 19.8 Å². The van der Waals surface area contributed by atoms with Gasteiger partial charge in [-0.2, -0.15) is 0 Å². The lowest BCUT2D eigenvalue weighted by Crippen LogP contribution is -2.56. The maximum absolute atomic E-state index is 5.67. The van der Waals surface area contributed by atoms with Crippen molar-refractivity contribution in [2.45, 2.75) is 19.4 Å². The number of ether oxygens (including phenoxy) is 1. The van der Waals surface area contributed by atoms with Gasteiger partial charge in [0.05, 0.1) is 18.8 Å². The van der Waals surface area contributed by atoms with E-state index in [1.165, 1.54) is 0 Å². The molecule has 0 aromatic carbocycles. The highest BCUT2D eigenvalue weighted by atomic mass is 16.5. The Balaban J connectivity index is 2.49. The maximum atomic E-state index is 5.67. The number of nitrogens with two attached hydrogens (primary N) is 1. The smallest absolute Gasteiger partial charge is 0.0659 e. The lowest BCUT2D eigenvalue weighted by Gasteiger charge is -2.38. The topological polar surface area (TPSA) is 38.5 Å². The van der Waals surface area contributed by atoms with Gasteiger partial charge in [0.1, 0.15) is 0 Å². The second-order valence-corrected chi connectivity index (χ2v) is 3.06. The van der Waals surface area contributed by atoms with Crippen LogP contribution in [0.1, 0.15) is 13.8 Å². The first kappa shape index (κ1) is 6.99. The Labute approximate surface area is 55.7 Å². The van der Waals surface area contributed by atoms with E-state index in [9.17, 15) is 0 Å². The third-order valence-electron chi connectivity index (χ3n) is 1.71. The Bertz CT molecular complexity index is 103. The van der Waals surface area contributed by atoms with Gasteiger partial charge in [-0.1, -0.05) is 0 Å². The minimum atomic E-state index is 0.0260. The Kier molecular flexibility index (Phi) is 1.75. The van der Waals surface area contributed by atoms with Crippen LogP contribution >= 0.6 is 0 Å². The van der Waals surface area contributed by atoms with Crippen LogP contribution < -0.4 is 5.84 Å². The molecule has 1 heterocycles. The predicted octanol–water partition coefficient (Wildman–Crippen LogP) is -0.0291. The van der Waals surface area contributed by atoms with Crippen molar-refractivity contribution in [3.63, 3.8) is 0 Å². The standard InChI is InChI=1S/C6H14N2O/c1-6(2)5-9-4-3-8(6)7/h3-5,7H2,1-2H3. The molecule has 0 unspecified atom stereocenters. The van der Waals surface area contributed by atoms with Gasteiger partial charge in [0.25, 0.3) is 0 Å². The van der Waals surface area contributed by atoms with Crippen molar-refractivity contribution >= 4 is 0 Å². The van der Waals surface area contributed by atoms with Gasteiger partial charge in [-0.25, -0.2) is 5.01 Å². The summed E-state index contributed by atoms with van der Waals surface area (Å²) >= 11 is 0. The first-order valence-electron chi connectivity index (χ1n) is 3.23. The molecule has 1 fully saturated rings. The average molecular weight is 130 g/mol. The van der Waals surface area contributed by atoms with E-state index in [0.29, 0.717) is 0 Å². The highest BCUT2D eigenvalue weighted by molar-refractivity contribution is 4.80. The quantitative estimate of drug-likeness (QED) is 0.468. The maximum Gasteiger partial charge on any atom is 0.0659 e. The highest BCUT2D eigenvalue weighted by Gasteiger charge is 2.27. The van der Waals surface area contributed by atoms with Crippen LogP contribution in [0, 0.1) is 0 Å². The fourth-order valence-corrected chi connectivity index (χ4v) is 0.870. The van der Waals surface area contributed by atoms with E-state index in [1.807, 2.05) is 5.01 Å². The van der Waals surface area contributed by atoms with Crippen LogP contribution in [0.25, 0.3) is 0 Å². The molecule has 54 valence electrons. The predicted molar refractivity (Wildman–Crippen MR) is 35.8 cm³/mol. The average Bonchev–Trinajstić information content (AvgIpc) is 1.77. The summed E-state index contributed by atoms with van der Waals surface area (Å²) in [6, 6.07) is 0. The minimum Gasteiger partial charge on any atom is -0.378 e. The molecule has 1 aliphatic heterocycles. The number of morpholine rings is 1. The Morgan fingerprint density at radius 2 is 2.22 bits per heavy atom. The molecule has 2 N–H and O–H groups in total. The van der Waals surface area contributed by atoms with Gasteiger partial charge < -0.3 is 4.74 Å². The zero-order valence-corrected chi connectivity index (χ0v) is 6.05. The normalized spacial score (nSPS) is 28.3. The Morgan fingerprint density at radius 1 is 1.56 bits per heavy atom. The second kappa shape index (κ2) is 2.25. The Morgan fingerprint density at radius 3 is 2.56 bits per heavy atom. The molecule has 0 aromatic rings. The molecule has 3 nitrogen and oxygen atoms in total. The summed E-state index contributed by atoms with van der Waals surface area (Å²) in [5, 5.41) is 1.83. The van der Waals surface area contributed by atoms with Crippen LogP contribution in [0.3, 0.4) is 0 Å². The lowest BCUT2D eigenvalue weighted by atomic mass is 10.1. The highest BCUT2D eigenvalue weighted by Crippen LogP contribution is 2.13. The van der Waals surface area contributed by atoms with Gasteiger partial charge in [0.2, 0.25) is 0 Å². The van der Waals surface area contributed by atoms with Crippen LogP contribution in [-0.2, 0) is 4.74 Å². The molecule has 0 atom stereocenters. The molecule has 0 aliphatic carbocycles. The summed E-state index contributed by atoms with van der Waals surface area (Å²) < 4.78 is 5.23. The molecule has 1 aliphatic rings. The minimum absolute atomic E-state index is 0.0260. The zero-order valence-electron chi connectivity index (χ0n) is 6.05. The van der Waals surface area contributed by atoms with E-state index in [-0.39, 0.29) is 5.54 Å². The molecule has 0 aromatic heterocycles. The number of hydrazine groups is 1. The first-order chi connectivity index (χ1) is 4.13. The van der Waals surface area contributed by atoms with E-state index in [0.717, 1.165) is 19.8 Å². The molecular weight excluding hydrogens is 116 g/mol. The summed E-state index contributed by atoms with van der Waals surface area (Å²) in [6.07, 6.45) is 0. The second-order valence-electron chi connectivity index (χ2n) is 3.06. The molecule has 1 saturated heterocycles. The molecule has 9 heavy (non-hydrogen) atoms. The van der Waals surface area contributed by atoms with Gasteiger partial charge >= 0.3 is 0 Å². The molecule has 3 heteroatoms. The largest absolute Gasteiger partial charge is 0.378 e. The van der Waals surface area contributed by atoms with Crippen LogP contribution in [0.5, 0.6) is 0 Å². The van der Waals surface area contributed by atoms with Gasteiger partial charge in [0.15, 0.2) is 0 Å². The van der Waals surface area contributed by atoms with Crippen molar-refractivity contribution in [2.24, 2.45) is 5.84 Å². The number of hydrogen-bond donors (Lipinski definition) is 1. The summed E-state index contributed by atoms with van der Waals surface area (Å²) in [6.45, 7) is 6.49. The summed E-state index contributed by atoms with van der Waals surface area (Å²) in [5.41, 5.74) is 0.0260. The molecular formula is C6H14N2O. The third-order valence-corrected chi connectivity index (χ3v) is 1.71. The fraction of sp³-hybridized carbons (Fsp3) is 1.00. The van der Waals surface area contributed by atoms with Crippen molar-refractivity contribution in [3.8, 4) is 0 Å². The molecule has 0 radical (unpaired) electrons. The van der Waals surface area contributed by atoms with Gasteiger partial charge in [-0.3, -0.25) is 5.84 Å². The van der Waals surface area contributed by atoms with Gasteiger partial charge in [-0.15, -0.1) is 0 Å². The van der Waals surface area contributed by atoms with Crippen LogP contribution in [-0.4, -0.2) is 30.3 Å². The van der Waals surface area contributed by atoms with E-state index in [1.54, 1.807) is 0 Å². The van der Waals surface area contributed by atoms with Crippen molar-refractivity contribution in [1.29, 1.82) is 0 Å². The molecule has 0 saturated carbocycles. The van der Waals surface area contributed by atoms with Crippen molar-refractivity contribution in [3.05, 3.63) is 0 Å². The Hall–Kier alpha value is -0.120. The van der Waals surface area contributed by atoms with Crippen molar-refractivity contribution in [1.82, 2.24) is 5.01 Å². The molecule has 0 spiro atoms. The van der Waals surface area contributed by atoms with E-state index < -0.39 is 0 Å². The molecule has 1 rings (SSSR count). The first-order valence-corrected chi connectivity index (χ1v) is 3.23. The SMILES string of the molecule is CC1(C)COCCN1N. The van der Waals surface area contributed by atoms with Crippen LogP contribution in [0.15, 0.2) is 0 Å². The number of nitrogens with zero attached hydrogens (tertiary/aromatic N) is 1. The third kappa shape index (κ3) is 1.41. The summed E-state index contributed by atoms with van der Waals surface area (Å²) in [4.78, 5) is 0. The molecule has 0 amide bonds. The summed E-state index contributed by atoms with van der Waals surface area (Å²) in [7, 11) is 0. The summed E-state index contributed by atoms with van der Waals surface area (Å²) in [5.74, 6) is 5.67. The molecule has 0 bridgehead atoms. The van der Waals surface area contributed by atoms with Crippen LogP contribution in [0.2, 0.25) is 0 Å². The fourth-order valence-electron chi connectivity index (χ4n) is 0.870. The van der Waals surface area contributed by atoms with E-state index >= 15 is 0 Å².